The van der Waals surface area contributed by atoms with Crippen molar-refractivity contribution in [2.45, 2.75) is 38.6 Å². The number of hydrogen-bond acceptors (Lipinski definition) is 4. The predicted molar refractivity (Wildman–Crippen MR) is 117 cm³/mol. The summed E-state index contributed by atoms with van der Waals surface area (Å²) in [5.41, 5.74) is 1.20. The fourth-order valence-corrected chi connectivity index (χ4v) is 5.23. The summed E-state index contributed by atoms with van der Waals surface area (Å²) in [7, 11) is -3.08. The summed E-state index contributed by atoms with van der Waals surface area (Å²) in [5.74, 6) is 0.273. The molecular formula is C20H23Cl2N3O3S. The second kappa shape index (κ2) is 8.13. The van der Waals surface area contributed by atoms with E-state index in [1.807, 2.05) is 20.8 Å². The lowest BCUT2D eigenvalue weighted by atomic mass is 9.92. The fourth-order valence-electron chi connectivity index (χ4n) is 3.07. The van der Waals surface area contributed by atoms with Crippen molar-refractivity contribution in [3.63, 3.8) is 0 Å². The molecule has 0 spiro atoms. The number of anilines is 1. The Kier molecular flexibility index (Phi) is 6.13. The third-order valence-electron chi connectivity index (χ3n) is 4.69. The summed E-state index contributed by atoms with van der Waals surface area (Å²) < 4.78 is 25.4. The second-order valence-corrected chi connectivity index (χ2v) is 11.2. The standard InChI is InChI=1S/C20H23Cl2N3O3S/c1-20(2,3)17-11-18(25(24-17)15-8-9-29(27,28)12-15)23-19(26)7-5-13-4-6-14(21)10-16(13)22/h4-7,10-11,15H,8-9,12H2,1-3H3,(H,23,26). The van der Waals surface area contributed by atoms with Crippen molar-refractivity contribution in [2.24, 2.45) is 0 Å². The molecule has 2 aromatic rings. The van der Waals surface area contributed by atoms with Crippen LogP contribution in [-0.4, -0.2) is 35.6 Å². The van der Waals surface area contributed by atoms with Crippen LogP contribution >= 0.6 is 23.2 Å². The summed E-state index contributed by atoms with van der Waals surface area (Å²) in [4.78, 5) is 12.5. The van der Waals surface area contributed by atoms with Gasteiger partial charge in [-0.05, 0) is 30.2 Å². The van der Waals surface area contributed by atoms with Gasteiger partial charge in [0.15, 0.2) is 9.84 Å². The molecule has 1 fully saturated rings. The minimum atomic E-state index is -3.08. The average molecular weight is 456 g/mol. The number of nitrogens with zero attached hydrogens (tertiary/aromatic N) is 2. The van der Waals surface area contributed by atoms with Crippen LogP contribution in [0.4, 0.5) is 5.82 Å². The molecule has 0 bridgehead atoms. The molecule has 0 radical (unpaired) electrons. The first-order chi connectivity index (χ1) is 13.4. The van der Waals surface area contributed by atoms with Crippen LogP contribution in [0.25, 0.3) is 6.08 Å². The van der Waals surface area contributed by atoms with Gasteiger partial charge in [-0.25, -0.2) is 13.1 Å². The summed E-state index contributed by atoms with van der Waals surface area (Å²) in [6.45, 7) is 6.04. The van der Waals surface area contributed by atoms with Crippen LogP contribution in [0.15, 0.2) is 30.3 Å². The molecule has 1 aromatic carbocycles. The molecule has 1 atom stereocenters. The van der Waals surface area contributed by atoms with E-state index < -0.39 is 9.84 Å². The molecular weight excluding hydrogens is 433 g/mol. The molecule has 2 heterocycles. The maximum absolute atomic E-state index is 12.5. The van der Waals surface area contributed by atoms with Crippen LogP contribution in [0.5, 0.6) is 0 Å². The van der Waals surface area contributed by atoms with E-state index in [-0.39, 0.29) is 28.9 Å². The molecule has 1 unspecified atom stereocenters. The van der Waals surface area contributed by atoms with Crippen LogP contribution in [0.3, 0.4) is 0 Å². The van der Waals surface area contributed by atoms with Crippen LogP contribution in [-0.2, 0) is 20.0 Å². The van der Waals surface area contributed by atoms with Crippen molar-refractivity contribution in [1.82, 2.24) is 9.78 Å². The highest BCUT2D eigenvalue weighted by Crippen LogP contribution is 2.31. The number of amides is 1. The molecule has 0 saturated carbocycles. The maximum atomic E-state index is 12.5. The molecule has 9 heteroatoms. The number of sulfone groups is 1. The van der Waals surface area contributed by atoms with Gasteiger partial charge in [0.25, 0.3) is 0 Å². The number of halogens is 2. The molecule has 1 aliphatic rings. The van der Waals surface area contributed by atoms with Crippen molar-refractivity contribution in [3.05, 3.63) is 51.6 Å². The Morgan fingerprint density at radius 3 is 2.59 bits per heavy atom. The summed E-state index contributed by atoms with van der Waals surface area (Å²) >= 11 is 12.0. The second-order valence-electron chi connectivity index (χ2n) is 8.15. The SMILES string of the molecule is CC(C)(C)c1cc(NC(=O)C=Cc2ccc(Cl)cc2Cl)n(C2CCS(=O)(=O)C2)n1. The molecule has 1 amide bonds. The summed E-state index contributed by atoms with van der Waals surface area (Å²) in [5, 5.41) is 8.38. The lowest BCUT2D eigenvalue weighted by molar-refractivity contribution is -0.111. The smallest absolute Gasteiger partial charge is 0.249 e. The Morgan fingerprint density at radius 2 is 2.00 bits per heavy atom. The Balaban J connectivity index is 1.84. The zero-order valence-corrected chi connectivity index (χ0v) is 18.8. The van der Waals surface area contributed by atoms with Gasteiger partial charge in [0, 0.05) is 27.6 Å². The topological polar surface area (TPSA) is 81.1 Å². The van der Waals surface area contributed by atoms with E-state index in [4.69, 9.17) is 23.2 Å². The Labute approximate surface area is 180 Å². The van der Waals surface area contributed by atoms with Crippen molar-refractivity contribution in [2.75, 3.05) is 16.8 Å². The molecule has 1 saturated heterocycles. The first-order valence-corrected chi connectivity index (χ1v) is 11.8. The Bertz CT molecular complexity index is 1070. The normalized spacial score (nSPS) is 19.0. The molecule has 3 rings (SSSR count). The van der Waals surface area contributed by atoms with Gasteiger partial charge in [0.05, 0.1) is 23.2 Å². The minimum Gasteiger partial charge on any atom is -0.307 e. The van der Waals surface area contributed by atoms with Gasteiger partial charge < -0.3 is 5.32 Å². The van der Waals surface area contributed by atoms with Gasteiger partial charge in [0.1, 0.15) is 5.82 Å². The monoisotopic (exact) mass is 455 g/mol. The first-order valence-electron chi connectivity index (χ1n) is 9.19. The minimum absolute atomic E-state index is 0.0252. The van der Waals surface area contributed by atoms with E-state index in [9.17, 15) is 13.2 Å². The van der Waals surface area contributed by atoms with E-state index in [1.54, 1.807) is 35.0 Å². The Morgan fingerprint density at radius 1 is 1.28 bits per heavy atom. The zero-order valence-electron chi connectivity index (χ0n) is 16.4. The van der Waals surface area contributed by atoms with Crippen molar-refractivity contribution < 1.29 is 13.2 Å². The number of rotatable bonds is 4. The number of hydrogen-bond donors (Lipinski definition) is 1. The molecule has 1 aromatic heterocycles. The largest absolute Gasteiger partial charge is 0.307 e. The van der Waals surface area contributed by atoms with Gasteiger partial charge in [-0.1, -0.05) is 50.0 Å². The molecule has 156 valence electrons. The molecule has 0 aliphatic carbocycles. The molecule has 29 heavy (non-hydrogen) atoms. The van der Waals surface area contributed by atoms with Gasteiger partial charge in [-0.2, -0.15) is 5.10 Å². The number of nitrogens with one attached hydrogen (secondary N) is 1. The van der Waals surface area contributed by atoms with Crippen molar-refractivity contribution in [3.8, 4) is 0 Å². The van der Waals surface area contributed by atoms with E-state index >= 15 is 0 Å². The maximum Gasteiger partial charge on any atom is 0.249 e. The summed E-state index contributed by atoms with van der Waals surface area (Å²) in [6.07, 6.45) is 3.45. The highest BCUT2D eigenvalue weighted by Gasteiger charge is 2.32. The van der Waals surface area contributed by atoms with E-state index in [1.165, 1.54) is 6.08 Å². The fraction of sp³-hybridized carbons (Fsp3) is 0.400. The third kappa shape index (κ3) is 5.41. The van der Waals surface area contributed by atoms with E-state index in [2.05, 4.69) is 10.4 Å². The number of aromatic nitrogens is 2. The highest BCUT2D eigenvalue weighted by atomic mass is 35.5. The molecule has 1 N–H and O–H groups in total. The number of carbonyl (C=O) groups excluding carboxylic acids is 1. The van der Waals surface area contributed by atoms with Gasteiger partial charge in [-0.3, -0.25) is 4.79 Å². The molecule has 6 nitrogen and oxygen atoms in total. The van der Waals surface area contributed by atoms with Gasteiger partial charge in [0.2, 0.25) is 5.91 Å². The van der Waals surface area contributed by atoms with Crippen LogP contribution in [0, 0.1) is 0 Å². The van der Waals surface area contributed by atoms with Crippen LogP contribution in [0.2, 0.25) is 10.0 Å². The quantitative estimate of drug-likeness (QED) is 0.687. The third-order valence-corrected chi connectivity index (χ3v) is 7.00. The summed E-state index contributed by atoms with van der Waals surface area (Å²) in [6, 6.07) is 6.52. The predicted octanol–water partition coefficient (Wildman–Crippen LogP) is 4.50. The van der Waals surface area contributed by atoms with Crippen LogP contribution < -0.4 is 5.32 Å². The Hall–Kier alpha value is -1.83. The lowest BCUT2D eigenvalue weighted by Crippen LogP contribution is -2.19. The first kappa shape index (κ1) is 21.9. The van der Waals surface area contributed by atoms with Crippen molar-refractivity contribution >= 4 is 50.8 Å². The number of carbonyl (C=O) groups is 1. The lowest BCUT2D eigenvalue weighted by Gasteiger charge is -2.15. The van der Waals surface area contributed by atoms with Crippen LogP contribution in [0.1, 0.15) is 44.5 Å². The average Bonchev–Trinajstić information content (AvgIpc) is 3.17. The number of benzene rings is 1. The zero-order chi connectivity index (χ0) is 21.4. The van der Waals surface area contributed by atoms with Gasteiger partial charge >= 0.3 is 0 Å². The highest BCUT2D eigenvalue weighted by molar-refractivity contribution is 7.91. The van der Waals surface area contributed by atoms with E-state index in [0.717, 1.165) is 5.69 Å². The van der Waals surface area contributed by atoms with Crippen molar-refractivity contribution in [1.29, 1.82) is 0 Å². The molecule has 1 aliphatic heterocycles. The van der Waals surface area contributed by atoms with E-state index in [0.29, 0.717) is 27.8 Å². The van der Waals surface area contributed by atoms with Gasteiger partial charge in [-0.15, -0.1) is 0 Å².